The average Bonchev–Trinajstić information content (AvgIpc) is 3.20. The van der Waals surface area contributed by atoms with Crippen molar-refractivity contribution in [2.45, 2.75) is 44.9 Å². The van der Waals surface area contributed by atoms with Gasteiger partial charge in [0.2, 0.25) is 11.9 Å². The number of nitrogens with zero attached hydrogens (tertiary/aromatic N) is 4. The van der Waals surface area contributed by atoms with Crippen LogP contribution in [0.25, 0.3) is 0 Å². The second kappa shape index (κ2) is 7.14. The van der Waals surface area contributed by atoms with Gasteiger partial charge in [0.25, 0.3) is 0 Å². The number of carbonyl (C=O) groups excluding carboxylic acids is 1. The van der Waals surface area contributed by atoms with Crippen molar-refractivity contribution in [3.05, 3.63) is 30.6 Å². The molecule has 0 N–H and O–H groups in total. The van der Waals surface area contributed by atoms with Crippen LogP contribution in [0.4, 0.5) is 5.95 Å². The molecule has 5 nitrogen and oxygen atoms in total. The zero-order valence-electron chi connectivity index (χ0n) is 14.9. The number of hydrogen-bond donors (Lipinski definition) is 0. The summed E-state index contributed by atoms with van der Waals surface area (Å²) < 4.78 is 0. The summed E-state index contributed by atoms with van der Waals surface area (Å²) in [5.41, 5.74) is 0.500. The third-order valence-corrected chi connectivity index (χ3v) is 6.46. The molecule has 1 aliphatic carbocycles. The van der Waals surface area contributed by atoms with Gasteiger partial charge in [-0.15, -0.1) is 0 Å². The Bertz CT molecular complexity index is 604. The second-order valence-corrected chi connectivity index (χ2v) is 7.95. The molecule has 1 amide bonds. The summed E-state index contributed by atoms with van der Waals surface area (Å²) in [5, 5.41) is 0. The molecule has 0 radical (unpaired) electrons. The summed E-state index contributed by atoms with van der Waals surface area (Å²) in [6, 6.07) is 1.87. The van der Waals surface area contributed by atoms with Gasteiger partial charge in [-0.05, 0) is 55.9 Å². The van der Waals surface area contributed by atoms with Gasteiger partial charge in [0.1, 0.15) is 0 Å². The van der Waals surface area contributed by atoms with Crippen LogP contribution in [0, 0.1) is 11.3 Å². The van der Waals surface area contributed by atoms with E-state index in [-0.39, 0.29) is 0 Å². The Morgan fingerprint density at radius 1 is 1.04 bits per heavy atom. The smallest absolute Gasteiger partial charge is 0.225 e. The topological polar surface area (TPSA) is 49.3 Å². The number of aromatic nitrogens is 2. The van der Waals surface area contributed by atoms with Crippen LogP contribution in [0.1, 0.15) is 44.9 Å². The van der Waals surface area contributed by atoms with Crippen LogP contribution in [0.3, 0.4) is 0 Å². The van der Waals surface area contributed by atoms with Gasteiger partial charge in [-0.25, -0.2) is 9.97 Å². The quantitative estimate of drug-likeness (QED) is 0.794. The van der Waals surface area contributed by atoms with E-state index in [2.05, 4.69) is 27.0 Å². The molecule has 2 aliphatic heterocycles. The van der Waals surface area contributed by atoms with Crippen LogP contribution in [-0.2, 0) is 4.79 Å². The predicted octanol–water partition coefficient (Wildman–Crippen LogP) is 3.04. The lowest BCUT2D eigenvalue weighted by Gasteiger charge is -2.46. The van der Waals surface area contributed by atoms with Crippen LogP contribution < -0.4 is 4.90 Å². The van der Waals surface area contributed by atoms with Gasteiger partial charge >= 0.3 is 0 Å². The lowest BCUT2D eigenvalue weighted by molar-refractivity contribution is -0.131. The van der Waals surface area contributed by atoms with Crippen molar-refractivity contribution in [2.24, 2.45) is 11.3 Å². The molecule has 3 aliphatic rings. The number of carbonyl (C=O) groups is 1. The molecular formula is C20H28N4O. The van der Waals surface area contributed by atoms with E-state index in [1.165, 1.54) is 38.5 Å². The molecule has 25 heavy (non-hydrogen) atoms. The van der Waals surface area contributed by atoms with Gasteiger partial charge in [-0.1, -0.05) is 12.2 Å². The van der Waals surface area contributed by atoms with Crippen LogP contribution in [-0.4, -0.2) is 47.0 Å². The van der Waals surface area contributed by atoms with Gasteiger partial charge in [0.15, 0.2) is 0 Å². The maximum absolute atomic E-state index is 12.3. The molecule has 1 aromatic heterocycles. The van der Waals surface area contributed by atoms with Crippen molar-refractivity contribution in [1.82, 2.24) is 14.9 Å². The van der Waals surface area contributed by atoms with Gasteiger partial charge in [-0.2, -0.15) is 0 Å². The SMILES string of the molecule is O=C(CC1CCC2(CC1)CCN(c1ncccn1)CC2)N1CC=CC1. The Hall–Kier alpha value is -1.91. The Morgan fingerprint density at radius 3 is 2.32 bits per heavy atom. The number of hydrogen-bond acceptors (Lipinski definition) is 4. The Balaban J connectivity index is 1.25. The molecule has 4 rings (SSSR count). The molecule has 1 aromatic rings. The monoisotopic (exact) mass is 340 g/mol. The third kappa shape index (κ3) is 3.70. The van der Waals surface area contributed by atoms with E-state index in [0.29, 0.717) is 17.2 Å². The number of anilines is 1. The molecule has 0 atom stereocenters. The Labute approximate surface area is 150 Å². The highest BCUT2D eigenvalue weighted by Crippen LogP contribution is 2.47. The molecule has 1 saturated carbocycles. The second-order valence-electron chi connectivity index (χ2n) is 7.95. The third-order valence-electron chi connectivity index (χ3n) is 6.46. The normalized spacial score (nSPS) is 23.4. The molecule has 0 unspecified atom stereocenters. The van der Waals surface area contributed by atoms with E-state index in [4.69, 9.17) is 0 Å². The van der Waals surface area contributed by atoms with E-state index in [0.717, 1.165) is 38.5 Å². The first-order chi connectivity index (χ1) is 12.2. The van der Waals surface area contributed by atoms with Crippen molar-refractivity contribution in [2.75, 3.05) is 31.1 Å². The summed E-state index contributed by atoms with van der Waals surface area (Å²) in [4.78, 5) is 25.4. The Morgan fingerprint density at radius 2 is 1.68 bits per heavy atom. The first-order valence-corrected chi connectivity index (χ1v) is 9.69. The Kier molecular flexibility index (Phi) is 4.73. The molecule has 0 bridgehead atoms. The first-order valence-electron chi connectivity index (χ1n) is 9.69. The van der Waals surface area contributed by atoms with Crippen molar-refractivity contribution < 1.29 is 4.79 Å². The highest BCUT2D eigenvalue weighted by Gasteiger charge is 2.39. The average molecular weight is 340 g/mol. The lowest BCUT2D eigenvalue weighted by atomic mass is 9.65. The van der Waals surface area contributed by atoms with E-state index in [9.17, 15) is 4.79 Å². The van der Waals surface area contributed by atoms with Gasteiger partial charge in [-0.3, -0.25) is 4.79 Å². The number of rotatable bonds is 3. The van der Waals surface area contributed by atoms with E-state index >= 15 is 0 Å². The number of piperidine rings is 1. The minimum Gasteiger partial charge on any atom is -0.341 e. The van der Waals surface area contributed by atoms with E-state index in [1.54, 1.807) is 0 Å². The standard InChI is InChI=1S/C20H28N4O/c25-18(23-12-1-2-13-23)16-17-4-6-20(7-5-17)8-14-24(15-9-20)19-21-10-3-11-22-19/h1-3,10-11,17H,4-9,12-16H2. The van der Waals surface area contributed by atoms with Gasteiger partial charge in [0.05, 0.1) is 0 Å². The van der Waals surface area contributed by atoms with Crippen LogP contribution in [0.5, 0.6) is 0 Å². The molecule has 134 valence electrons. The van der Waals surface area contributed by atoms with Crippen molar-refractivity contribution >= 4 is 11.9 Å². The van der Waals surface area contributed by atoms with Gasteiger partial charge < -0.3 is 9.80 Å². The summed E-state index contributed by atoms with van der Waals surface area (Å²) in [6.45, 7) is 3.75. The van der Waals surface area contributed by atoms with Gasteiger partial charge in [0, 0.05) is 45.0 Å². The van der Waals surface area contributed by atoms with Crippen molar-refractivity contribution in [3.63, 3.8) is 0 Å². The first kappa shape index (κ1) is 16.6. The van der Waals surface area contributed by atoms with E-state index in [1.807, 2.05) is 23.4 Å². The predicted molar refractivity (Wildman–Crippen MR) is 98.2 cm³/mol. The number of amides is 1. The summed E-state index contributed by atoms with van der Waals surface area (Å²) in [5.74, 6) is 1.81. The fourth-order valence-electron chi connectivity index (χ4n) is 4.69. The fraction of sp³-hybridized carbons (Fsp3) is 0.650. The maximum Gasteiger partial charge on any atom is 0.225 e. The van der Waals surface area contributed by atoms with Crippen LogP contribution >= 0.6 is 0 Å². The summed E-state index contributed by atoms with van der Waals surface area (Å²) >= 11 is 0. The minimum absolute atomic E-state index is 0.349. The molecule has 1 saturated heterocycles. The molecular weight excluding hydrogens is 312 g/mol. The summed E-state index contributed by atoms with van der Waals surface area (Å²) in [6.07, 6.45) is 16.1. The molecule has 2 fully saturated rings. The van der Waals surface area contributed by atoms with E-state index < -0.39 is 0 Å². The maximum atomic E-state index is 12.3. The van der Waals surface area contributed by atoms with Crippen molar-refractivity contribution in [1.29, 1.82) is 0 Å². The highest BCUT2D eigenvalue weighted by atomic mass is 16.2. The molecule has 5 heteroatoms. The largest absolute Gasteiger partial charge is 0.341 e. The highest BCUT2D eigenvalue weighted by molar-refractivity contribution is 5.77. The van der Waals surface area contributed by atoms with Crippen LogP contribution in [0.2, 0.25) is 0 Å². The minimum atomic E-state index is 0.349. The lowest BCUT2D eigenvalue weighted by Crippen LogP contribution is -2.43. The molecule has 3 heterocycles. The zero-order chi connectivity index (χ0) is 17.1. The fourth-order valence-corrected chi connectivity index (χ4v) is 4.69. The summed E-state index contributed by atoms with van der Waals surface area (Å²) in [7, 11) is 0. The molecule has 1 spiro atoms. The van der Waals surface area contributed by atoms with Crippen molar-refractivity contribution in [3.8, 4) is 0 Å². The zero-order valence-corrected chi connectivity index (χ0v) is 14.9. The van der Waals surface area contributed by atoms with Crippen LogP contribution in [0.15, 0.2) is 30.6 Å². The molecule has 0 aromatic carbocycles.